The second kappa shape index (κ2) is 11.9. The third-order valence-electron chi connectivity index (χ3n) is 5.66. The van der Waals surface area contributed by atoms with Gasteiger partial charge in [-0.15, -0.1) is 0 Å². The summed E-state index contributed by atoms with van der Waals surface area (Å²) >= 11 is 0. The zero-order valence-corrected chi connectivity index (χ0v) is 20.4. The van der Waals surface area contributed by atoms with E-state index in [9.17, 15) is 9.59 Å². The predicted molar refractivity (Wildman–Crippen MR) is 136 cm³/mol. The monoisotopic (exact) mass is 462 g/mol. The number of anilines is 2. The number of furan rings is 1. The summed E-state index contributed by atoms with van der Waals surface area (Å²) in [5.41, 5.74) is 3.58. The molecule has 1 aromatic heterocycles. The lowest BCUT2D eigenvalue weighted by Gasteiger charge is -2.29. The molecule has 0 aliphatic carbocycles. The molecule has 180 valence electrons. The van der Waals surface area contributed by atoms with E-state index in [4.69, 9.17) is 4.42 Å². The predicted octanol–water partition coefficient (Wildman–Crippen LogP) is 5.21. The Kier molecular flexibility index (Phi) is 8.73. The van der Waals surface area contributed by atoms with Gasteiger partial charge in [0.2, 0.25) is 5.91 Å². The highest BCUT2D eigenvalue weighted by Gasteiger charge is 2.26. The van der Waals surface area contributed by atoms with Gasteiger partial charge in [-0.25, -0.2) is 4.79 Å². The molecule has 0 saturated heterocycles. The van der Waals surface area contributed by atoms with E-state index >= 15 is 0 Å². The Hall–Kier alpha value is -3.74. The topological polar surface area (TPSA) is 77.8 Å². The number of carbonyl (C=O) groups is 2. The number of benzene rings is 2. The van der Waals surface area contributed by atoms with Gasteiger partial charge in [-0.2, -0.15) is 0 Å². The fourth-order valence-corrected chi connectivity index (χ4v) is 4.03. The highest BCUT2D eigenvalue weighted by Crippen LogP contribution is 2.28. The van der Waals surface area contributed by atoms with Crippen LogP contribution in [0.5, 0.6) is 0 Å². The molecule has 0 aliphatic rings. The zero-order valence-electron chi connectivity index (χ0n) is 20.4. The second-order valence-electron chi connectivity index (χ2n) is 8.37. The molecule has 1 heterocycles. The first-order valence-corrected chi connectivity index (χ1v) is 11.6. The SMILES string of the molecule is CCNC(=O)Nc1ccc(N(C)C)c(CN(Cc2ccco2)C(=O)C(CC)c2ccccc2)c1. The van der Waals surface area contributed by atoms with Crippen LogP contribution in [0.1, 0.15) is 43.1 Å². The van der Waals surface area contributed by atoms with E-state index < -0.39 is 0 Å². The summed E-state index contributed by atoms with van der Waals surface area (Å²) in [5, 5.41) is 5.61. The molecule has 0 spiro atoms. The molecule has 3 rings (SSSR count). The van der Waals surface area contributed by atoms with Crippen molar-refractivity contribution in [1.29, 1.82) is 0 Å². The lowest BCUT2D eigenvalue weighted by molar-refractivity contribution is -0.134. The van der Waals surface area contributed by atoms with Crippen molar-refractivity contribution in [2.24, 2.45) is 0 Å². The number of urea groups is 1. The van der Waals surface area contributed by atoms with Crippen LogP contribution in [0.4, 0.5) is 16.2 Å². The number of hydrogen-bond acceptors (Lipinski definition) is 4. The molecule has 34 heavy (non-hydrogen) atoms. The van der Waals surface area contributed by atoms with E-state index in [-0.39, 0.29) is 17.9 Å². The molecule has 7 heteroatoms. The van der Waals surface area contributed by atoms with Crippen molar-refractivity contribution in [1.82, 2.24) is 10.2 Å². The van der Waals surface area contributed by atoms with E-state index in [1.165, 1.54) is 0 Å². The molecule has 0 bridgehead atoms. The Balaban J connectivity index is 1.95. The molecule has 0 fully saturated rings. The third-order valence-corrected chi connectivity index (χ3v) is 5.66. The molecule has 3 amide bonds. The molecule has 0 radical (unpaired) electrons. The van der Waals surface area contributed by atoms with Crippen LogP contribution in [0.2, 0.25) is 0 Å². The molecule has 7 nitrogen and oxygen atoms in total. The molecule has 1 atom stereocenters. The van der Waals surface area contributed by atoms with Gasteiger partial charge in [-0.1, -0.05) is 37.3 Å². The average molecular weight is 463 g/mol. The van der Waals surface area contributed by atoms with Gasteiger partial charge in [0, 0.05) is 38.6 Å². The number of amides is 3. The Morgan fingerprint density at radius 3 is 2.35 bits per heavy atom. The summed E-state index contributed by atoms with van der Waals surface area (Å²) in [6.45, 7) is 5.17. The summed E-state index contributed by atoms with van der Waals surface area (Å²) in [6.07, 6.45) is 2.31. The number of nitrogens with one attached hydrogen (secondary N) is 2. The molecular weight excluding hydrogens is 428 g/mol. The number of nitrogens with zero attached hydrogens (tertiary/aromatic N) is 2. The summed E-state index contributed by atoms with van der Waals surface area (Å²) in [6, 6.07) is 19.1. The van der Waals surface area contributed by atoms with Crippen molar-refractivity contribution in [2.45, 2.75) is 39.3 Å². The second-order valence-corrected chi connectivity index (χ2v) is 8.37. The van der Waals surface area contributed by atoms with Crippen LogP contribution >= 0.6 is 0 Å². The maximum atomic E-state index is 13.8. The van der Waals surface area contributed by atoms with Gasteiger partial charge < -0.3 is 24.9 Å². The number of rotatable bonds is 10. The first kappa shape index (κ1) is 24.9. The normalized spacial score (nSPS) is 11.5. The molecule has 0 aliphatic heterocycles. The van der Waals surface area contributed by atoms with Crippen molar-refractivity contribution in [3.8, 4) is 0 Å². The van der Waals surface area contributed by atoms with E-state index in [0.717, 1.165) is 22.6 Å². The van der Waals surface area contributed by atoms with Gasteiger partial charge in [0.25, 0.3) is 0 Å². The molecule has 0 saturated carbocycles. The smallest absolute Gasteiger partial charge is 0.319 e. The largest absolute Gasteiger partial charge is 0.467 e. The van der Waals surface area contributed by atoms with Crippen molar-refractivity contribution >= 4 is 23.3 Å². The van der Waals surface area contributed by atoms with Gasteiger partial charge in [-0.3, -0.25) is 4.79 Å². The standard InChI is InChI=1S/C27H34N4O3/c1-5-24(20-11-8-7-9-12-20)26(32)31(19-23-13-10-16-34-23)18-21-17-22(29-27(33)28-6-2)14-15-25(21)30(3)4/h7-17,24H,5-6,18-19H2,1-4H3,(H2,28,29,33). The Bertz CT molecular complexity index is 1060. The van der Waals surface area contributed by atoms with Crippen LogP contribution in [-0.4, -0.2) is 37.5 Å². The van der Waals surface area contributed by atoms with Gasteiger partial charge >= 0.3 is 6.03 Å². The van der Waals surface area contributed by atoms with Crippen LogP contribution in [0, 0.1) is 0 Å². The minimum absolute atomic E-state index is 0.0388. The quantitative estimate of drug-likeness (QED) is 0.434. The first-order valence-electron chi connectivity index (χ1n) is 11.6. The molecule has 3 aromatic rings. The van der Waals surface area contributed by atoms with Crippen molar-refractivity contribution in [3.63, 3.8) is 0 Å². The van der Waals surface area contributed by atoms with Crippen molar-refractivity contribution < 1.29 is 14.0 Å². The lowest BCUT2D eigenvalue weighted by Crippen LogP contribution is -2.34. The van der Waals surface area contributed by atoms with Crippen LogP contribution in [0.25, 0.3) is 0 Å². The zero-order chi connectivity index (χ0) is 24.5. The van der Waals surface area contributed by atoms with Gasteiger partial charge in [0.05, 0.1) is 18.7 Å². The summed E-state index contributed by atoms with van der Waals surface area (Å²) in [5.74, 6) is 0.506. The molecular formula is C27H34N4O3. The van der Waals surface area contributed by atoms with Crippen molar-refractivity contribution in [3.05, 3.63) is 83.8 Å². The average Bonchev–Trinajstić information content (AvgIpc) is 3.33. The van der Waals surface area contributed by atoms with Crippen molar-refractivity contribution in [2.75, 3.05) is 30.9 Å². The summed E-state index contributed by atoms with van der Waals surface area (Å²) < 4.78 is 5.58. The van der Waals surface area contributed by atoms with Gasteiger partial charge in [0.1, 0.15) is 5.76 Å². The summed E-state index contributed by atoms with van der Waals surface area (Å²) in [7, 11) is 3.93. The van der Waals surface area contributed by atoms with E-state index in [1.807, 2.05) is 98.4 Å². The summed E-state index contributed by atoms with van der Waals surface area (Å²) in [4.78, 5) is 29.7. The van der Waals surface area contributed by atoms with E-state index in [1.54, 1.807) is 6.26 Å². The highest BCUT2D eigenvalue weighted by atomic mass is 16.3. The minimum Gasteiger partial charge on any atom is -0.467 e. The molecule has 2 aromatic carbocycles. The van der Waals surface area contributed by atoms with Crippen LogP contribution < -0.4 is 15.5 Å². The highest BCUT2D eigenvalue weighted by molar-refractivity contribution is 5.89. The van der Waals surface area contributed by atoms with Crippen LogP contribution in [-0.2, 0) is 17.9 Å². The Labute approximate surface area is 201 Å². The third kappa shape index (κ3) is 6.41. The van der Waals surface area contributed by atoms with Crippen LogP contribution in [0.3, 0.4) is 0 Å². The number of hydrogen-bond donors (Lipinski definition) is 2. The van der Waals surface area contributed by atoms with Gasteiger partial charge in [-0.05, 0) is 54.8 Å². The Morgan fingerprint density at radius 2 is 1.74 bits per heavy atom. The molecule has 2 N–H and O–H groups in total. The van der Waals surface area contributed by atoms with E-state index in [0.29, 0.717) is 31.7 Å². The van der Waals surface area contributed by atoms with Crippen LogP contribution in [0.15, 0.2) is 71.3 Å². The maximum absolute atomic E-state index is 13.8. The Morgan fingerprint density at radius 1 is 0.971 bits per heavy atom. The minimum atomic E-state index is -0.260. The lowest BCUT2D eigenvalue weighted by atomic mass is 9.94. The van der Waals surface area contributed by atoms with E-state index in [2.05, 4.69) is 10.6 Å². The van der Waals surface area contributed by atoms with Gasteiger partial charge in [0.15, 0.2) is 0 Å². The molecule has 1 unspecified atom stereocenters. The fraction of sp³-hybridized carbons (Fsp3) is 0.333. The maximum Gasteiger partial charge on any atom is 0.319 e. The first-order chi connectivity index (χ1) is 16.4. The fourth-order valence-electron chi connectivity index (χ4n) is 4.03. The number of carbonyl (C=O) groups excluding carboxylic acids is 2.